The minimum atomic E-state index is -3.67. The number of ether oxygens (including phenoxy) is 1. The first kappa shape index (κ1) is 24.2. The van der Waals surface area contributed by atoms with E-state index >= 15 is 0 Å². The van der Waals surface area contributed by atoms with Crippen molar-refractivity contribution >= 4 is 33.4 Å². The number of halogens is 1. The number of likely N-dealkylation sites (N-methyl/N-ethyl adjacent to an activating group) is 2. The standard InChI is InChI=1S/C22H27ClN4O4S/c1-26(15-17-6-8-18(9-7-17)22-24-10-11-25-22)21(28)16-31-13-12-27(2)32(29,30)20-5-3-4-19(23)14-20/h3-9,14H,10-13,15-16H2,1-2H3,(H,24,25). The number of rotatable bonds is 10. The second kappa shape index (κ2) is 10.9. The first-order valence-electron chi connectivity index (χ1n) is 10.2. The normalized spacial score (nSPS) is 13.7. The molecule has 8 nitrogen and oxygen atoms in total. The van der Waals surface area contributed by atoms with E-state index in [1.165, 1.54) is 23.5 Å². The Morgan fingerprint density at radius 3 is 2.59 bits per heavy atom. The number of hydrogen-bond acceptors (Lipinski definition) is 6. The highest BCUT2D eigenvalue weighted by Gasteiger charge is 2.21. The fourth-order valence-corrected chi connectivity index (χ4v) is 4.57. The Morgan fingerprint density at radius 1 is 1.19 bits per heavy atom. The lowest BCUT2D eigenvalue weighted by Crippen LogP contribution is -2.33. The number of amides is 1. The maximum absolute atomic E-state index is 12.6. The molecule has 0 saturated heterocycles. The molecule has 0 radical (unpaired) electrons. The van der Waals surface area contributed by atoms with Crippen molar-refractivity contribution in [2.75, 3.05) is 46.9 Å². The highest BCUT2D eigenvalue weighted by Crippen LogP contribution is 2.18. The van der Waals surface area contributed by atoms with Crippen LogP contribution in [0.5, 0.6) is 0 Å². The SMILES string of the molecule is CN(Cc1ccc(C2=NCCN2)cc1)C(=O)COCCN(C)S(=O)(=O)c1cccc(Cl)c1. The third kappa shape index (κ3) is 6.29. The van der Waals surface area contributed by atoms with E-state index in [0.717, 1.165) is 30.1 Å². The third-order valence-electron chi connectivity index (χ3n) is 5.03. The van der Waals surface area contributed by atoms with Crippen LogP contribution in [0, 0.1) is 0 Å². The number of aliphatic imine (C=N–C) groups is 1. The molecule has 0 bridgehead atoms. The summed E-state index contributed by atoms with van der Waals surface area (Å²) in [5.41, 5.74) is 2.02. The Morgan fingerprint density at radius 2 is 1.94 bits per heavy atom. The van der Waals surface area contributed by atoms with Crippen molar-refractivity contribution in [1.82, 2.24) is 14.5 Å². The summed E-state index contributed by atoms with van der Waals surface area (Å²) in [5, 5.41) is 3.58. The van der Waals surface area contributed by atoms with Gasteiger partial charge in [0.15, 0.2) is 0 Å². The molecule has 3 rings (SSSR count). The number of benzene rings is 2. The summed E-state index contributed by atoms with van der Waals surface area (Å²) >= 11 is 5.88. The Labute approximate surface area is 193 Å². The molecule has 10 heteroatoms. The van der Waals surface area contributed by atoms with Crippen molar-refractivity contribution < 1.29 is 17.9 Å². The molecule has 0 aromatic heterocycles. The molecular weight excluding hydrogens is 452 g/mol. The first-order chi connectivity index (χ1) is 15.3. The predicted octanol–water partition coefficient (Wildman–Crippen LogP) is 1.99. The number of amidine groups is 1. The average Bonchev–Trinajstić information content (AvgIpc) is 3.31. The summed E-state index contributed by atoms with van der Waals surface area (Å²) in [6, 6.07) is 14.0. The largest absolute Gasteiger partial charge is 0.370 e. The Hall–Kier alpha value is -2.46. The van der Waals surface area contributed by atoms with Crippen LogP contribution in [0.15, 0.2) is 58.4 Å². The monoisotopic (exact) mass is 478 g/mol. The van der Waals surface area contributed by atoms with Gasteiger partial charge in [0.05, 0.1) is 18.0 Å². The lowest BCUT2D eigenvalue weighted by atomic mass is 10.1. The molecule has 1 aliphatic heterocycles. The van der Waals surface area contributed by atoms with E-state index in [0.29, 0.717) is 11.6 Å². The molecule has 2 aromatic carbocycles. The molecule has 1 aliphatic rings. The van der Waals surface area contributed by atoms with E-state index in [9.17, 15) is 13.2 Å². The molecule has 1 N–H and O–H groups in total. The molecule has 2 aromatic rings. The van der Waals surface area contributed by atoms with Crippen LogP contribution >= 0.6 is 11.6 Å². The van der Waals surface area contributed by atoms with Crippen LogP contribution in [0.25, 0.3) is 0 Å². The molecule has 0 atom stereocenters. The maximum Gasteiger partial charge on any atom is 0.248 e. The molecule has 0 unspecified atom stereocenters. The first-order valence-corrected chi connectivity index (χ1v) is 12.0. The van der Waals surface area contributed by atoms with Gasteiger partial charge in [0.1, 0.15) is 12.4 Å². The van der Waals surface area contributed by atoms with Gasteiger partial charge < -0.3 is 15.0 Å². The number of carbonyl (C=O) groups excluding carboxylic acids is 1. The molecular formula is C22H27ClN4O4S. The summed E-state index contributed by atoms with van der Waals surface area (Å²) in [5.74, 6) is 0.716. The van der Waals surface area contributed by atoms with Crippen LogP contribution < -0.4 is 5.32 Å². The van der Waals surface area contributed by atoms with Crippen molar-refractivity contribution in [3.63, 3.8) is 0 Å². The van der Waals surface area contributed by atoms with Crippen molar-refractivity contribution in [2.45, 2.75) is 11.4 Å². The molecule has 0 fully saturated rings. The average molecular weight is 479 g/mol. The van der Waals surface area contributed by atoms with Gasteiger partial charge in [-0.05, 0) is 23.8 Å². The molecule has 1 amide bonds. The number of sulfonamides is 1. The Kier molecular flexibility index (Phi) is 8.25. The van der Waals surface area contributed by atoms with Crippen molar-refractivity contribution in [3.05, 3.63) is 64.7 Å². The number of nitrogens with zero attached hydrogens (tertiary/aromatic N) is 3. The Balaban J connectivity index is 1.42. The van der Waals surface area contributed by atoms with Gasteiger partial charge >= 0.3 is 0 Å². The number of nitrogens with one attached hydrogen (secondary N) is 1. The molecule has 0 spiro atoms. The van der Waals surface area contributed by atoms with Gasteiger partial charge in [0.25, 0.3) is 0 Å². The zero-order valence-electron chi connectivity index (χ0n) is 18.1. The minimum absolute atomic E-state index is 0.0969. The highest BCUT2D eigenvalue weighted by atomic mass is 35.5. The van der Waals surface area contributed by atoms with Crippen LogP contribution in [-0.2, 0) is 26.1 Å². The Bertz CT molecular complexity index is 1070. The van der Waals surface area contributed by atoms with Crippen molar-refractivity contribution in [3.8, 4) is 0 Å². The number of carbonyl (C=O) groups is 1. The molecule has 0 aliphatic carbocycles. The van der Waals surface area contributed by atoms with E-state index in [-0.39, 0.29) is 30.6 Å². The fourth-order valence-electron chi connectivity index (χ4n) is 3.11. The van der Waals surface area contributed by atoms with Crippen molar-refractivity contribution in [1.29, 1.82) is 0 Å². The van der Waals surface area contributed by atoms with Gasteiger partial charge in [-0.2, -0.15) is 4.31 Å². The van der Waals surface area contributed by atoms with Gasteiger partial charge in [0.2, 0.25) is 15.9 Å². The van der Waals surface area contributed by atoms with Crippen LogP contribution in [0.2, 0.25) is 5.02 Å². The van der Waals surface area contributed by atoms with Gasteiger partial charge in [-0.3, -0.25) is 9.79 Å². The molecule has 1 heterocycles. The molecule has 32 heavy (non-hydrogen) atoms. The molecule has 0 saturated carbocycles. The highest BCUT2D eigenvalue weighted by molar-refractivity contribution is 7.89. The van der Waals surface area contributed by atoms with Crippen LogP contribution in [0.3, 0.4) is 0 Å². The maximum atomic E-state index is 12.6. The second-order valence-corrected chi connectivity index (χ2v) is 9.92. The summed E-state index contributed by atoms with van der Waals surface area (Å²) in [6.45, 7) is 2.18. The van der Waals surface area contributed by atoms with E-state index in [1.54, 1.807) is 24.1 Å². The van der Waals surface area contributed by atoms with E-state index in [1.807, 2.05) is 24.3 Å². The van der Waals surface area contributed by atoms with E-state index < -0.39 is 10.0 Å². The molecule has 172 valence electrons. The zero-order valence-corrected chi connectivity index (χ0v) is 19.7. The van der Waals surface area contributed by atoms with Gasteiger partial charge in [-0.1, -0.05) is 41.9 Å². The number of hydrogen-bond donors (Lipinski definition) is 1. The van der Waals surface area contributed by atoms with Crippen molar-refractivity contribution in [2.24, 2.45) is 4.99 Å². The quantitative estimate of drug-likeness (QED) is 0.527. The lowest BCUT2D eigenvalue weighted by Gasteiger charge is -2.19. The smallest absolute Gasteiger partial charge is 0.248 e. The van der Waals surface area contributed by atoms with Crippen LogP contribution in [0.4, 0.5) is 0 Å². The summed E-state index contributed by atoms with van der Waals surface area (Å²) in [7, 11) is -0.500. The van der Waals surface area contributed by atoms with Crippen LogP contribution in [-0.4, -0.2) is 76.3 Å². The summed E-state index contributed by atoms with van der Waals surface area (Å²) < 4.78 is 31.7. The predicted molar refractivity (Wildman–Crippen MR) is 124 cm³/mol. The van der Waals surface area contributed by atoms with Gasteiger partial charge in [0, 0.05) is 44.3 Å². The van der Waals surface area contributed by atoms with Gasteiger partial charge in [-0.25, -0.2) is 8.42 Å². The zero-order chi connectivity index (χ0) is 23.1. The van der Waals surface area contributed by atoms with Crippen LogP contribution in [0.1, 0.15) is 11.1 Å². The summed E-state index contributed by atoms with van der Waals surface area (Å²) in [4.78, 5) is 18.4. The second-order valence-electron chi connectivity index (χ2n) is 7.44. The lowest BCUT2D eigenvalue weighted by molar-refractivity contribution is -0.135. The van der Waals surface area contributed by atoms with Gasteiger partial charge in [-0.15, -0.1) is 0 Å². The third-order valence-corrected chi connectivity index (χ3v) is 7.12. The van der Waals surface area contributed by atoms with E-state index in [4.69, 9.17) is 16.3 Å². The minimum Gasteiger partial charge on any atom is -0.370 e. The topological polar surface area (TPSA) is 91.3 Å². The fraction of sp³-hybridized carbons (Fsp3) is 0.364. The summed E-state index contributed by atoms with van der Waals surface area (Å²) in [6.07, 6.45) is 0. The van der Waals surface area contributed by atoms with E-state index in [2.05, 4.69) is 10.3 Å².